The highest BCUT2D eigenvalue weighted by molar-refractivity contribution is 5.78. The quantitative estimate of drug-likeness (QED) is 0.371. The molecular weight excluding hydrogens is 454 g/mol. The number of anilines is 3. The number of para-hydroxylation sites is 1. The number of ether oxygens (including phenoxy) is 1. The zero-order valence-electron chi connectivity index (χ0n) is 21.4. The van der Waals surface area contributed by atoms with Crippen LogP contribution in [0.1, 0.15) is 56.2 Å². The van der Waals surface area contributed by atoms with Gasteiger partial charge in [-0.2, -0.15) is 4.98 Å². The number of aliphatic hydroxyl groups is 1. The number of nitrogens with zero attached hydrogens (tertiary/aromatic N) is 3. The molecule has 2 aromatic heterocycles. The van der Waals surface area contributed by atoms with Crippen molar-refractivity contribution in [1.29, 1.82) is 0 Å². The summed E-state index contributed by atoms with van der Waals surface area (Å²) in [5, 5.41) is 16.6. The second-order valence-corrected chi connectivity index (χ2v) is 9.68. The molecule has 1 aromatic carbocycles. The predicted octanol–water partition coefficient (Wildman–Crippen LogP) is 5.70. The average Bonchev–Trinajstić information content (AvgIpc) is 3.50. The van der Waals surface area contributed by atoms with Crippen molar-refractivity contribution in [2.75, 3.05) is 30.9 Å². The van der Waals surface area contributed by atoms with E-state index in [9.17, 15) is 5.11 Å². The van der Waals surface area contributed by atoms with Gasteiger partial charge in [0.1, 0.15) is 17.3 Å². The summed E-state index contributed by atoms with van der Waals surface area (Å²) in [7, 11) is 2.01. The summed E-state index contributed by atoms with van der Waals surface area (Å²) in [5.74, 6) is 4.06. The van der Waals surface area contributed by atoms with Crippen molar-refractivity contribution >= 4 is 23.5 Å². The van der Waals surface area contributed by atoms with Gasteiger partial charge in [-0.3, -0.25) is 0 Å². The summed E-state index contributed by atoms with van der Waals surface area (Å²) in [6.07, 6.45) is 4.94. The molecule has 0 spiro atoms. The molecule has 3 N–H and O–H groups in total. The van der Waals surface area contributed by atoms with E-state index in [0.717, 1.165) is 65.0 Å². The smallest absolute Gasteiger partial charge is 0.229 e. The van der Waals surface area contributed by atoms with Gasteiger partial charge in [-0.05, 0) is 64.2 Å². The average molecular weight is 490 g/mol. The number of furan rings is 1. The van der Waals surface area contributed by atoms with E-state index in [4.69, 9.17) is 19.1 Å². The lowest BCUT2D eigenvalue weighted by Crippen LogP contribution is -2.26. The van der Waals surface area contributed by atoms with E-state index in [1.807, 2.05) is 57.3 Å². The molecule has 1 aliphatic heterocycles. The largest absolute Gasteiger partial charge is 0.479 e. The number of rotatable bonds is 8. The van der Waals surface area contributed by atoms with Crippen LogP contribution in [0.15, 0.2) is 46.7 Å². The number of fused-ring (bicyclic) bond motifs is 1. The van der Waals surface area contributed by atoms with Gasteiger partial charge in [0.05, 0.1) is 23.9 Å². The molecule has 8 nitrogen and oxygen atoms in total. The minimum atomic E-state index is 0.0390. The number of aryl methyl sites for hydroxylation is 1. The molecule has 0 radical (unpaired) electrons. The van der Waals surface area contributed by atoms with Gasteiger partial charge in [0.25, 0.3) is 0 Å². The molecule has 3 heterocycles. The van der Waals surface area contributed by atoms with Gasteiger partial charge in [0.15, 0.2) is 5.88 Å². The fourth-order valence-corrected chi connectivity index (χ4v) is 5.12. The Morgan fingerprint density at radius 1 is 1.19 bits per heavy atom. The van der Waals surface area contributed by atoms with Crippen molar-refractivity contribution in [2.45, 2.75) is 52.1 Å². The van der Waals surface area contributed by atoms with Crippen molar-refractivity contribution in [3.05, 3.63) is 59.3 Å². The van der Waals surface area contributed by atoms with Gasteiger partial charge in [-0.1, -0.05) is 18.2 Å². The summed E-state index contributed by atoms with van der Waals surface area (Å²) in [4.78, 5) is 11.8. The maximum Gasteiger partial charge on any atom is 0.229 e. The van der Waals surface area contributed by atoms with Gasteiger partial charge in [0, 0.05) is 37.0 Å². The summed E-state index contributed by atoms with van der Waals surface area (Å²) in [6.45, 7) is 6.92. The fraction of sp³-hybridized carbons (Fsp3) is 0.429. The second-order valence-electron chi connectivity index (χ2n) is 9.68. The van der Waals surface area contributed by atoms with E-state index in [1.165, 1.54) is 0 Å². The molecule has 1 saturated carbocycles. The highest BCUT2D eigenvalue weighted by Crippen LogP contribution is 2.41. The Bertz CT molecular complexity index is 1240. The van der Waals surface area contributed by atoms with E-state index in [0.29, 0.717) is 18.5 Å². The Morgan fingerprint density at radius 3 is 2.72 bits per heavy atom. The van der Waals surface area contributed by atoms with Crippen molar-refractivity contribution < 1.29 is 14.3 Å². The molecule has 1 fully saturated rings. The lowest BCUT2D eigenvalue weighted by molar-refractivity contribution is 0.109. The highest BCUT2D eigenvalue weighted by atomic mass is 16.5. The first-order valence-corrected chi connectivity index (χ1v) is 12.8. The number of aromatic nitrogens is 2. The van der Waals surface area contributed by atoms with Crippen LogP contribution in [-0.4, -0.2) is 46.3 Å². The zero-order valence-corrected chi connectivity index (χ0v) is 21.4. The third kappa shape index (κ3) is 4.78. The molecule has 0 saturated heterocycles. The maximum atomic E-state index is 9.64. The van der Waals surface area contributed by atoms with Crippen LogP contribution in [0.25, 0.3) is 17.4 Å². The Balaban J connectivity index is 1.54. The topological polar surface area (TPSA) is 95.7 Å². The Morgan fingerprint density at radius 2 is 2.00 bits per heavy atom. The van der Waals surface area contributed by atoms with Gasteiger partial charge < -0.3 is 29.8 Å². The van der Waals surface area contributed by atoms with Crippen LogP contribution in [0, 0.1) is 12.8 Å². The summed E-state index contributed by atoms with van der Waals surface area (Å²) in [5.41, 5.74) is 3.62. The maximum absolute atomic E-state index is 9.64. The van der Waals surface area contributed by atoms with Crippen molar-refractivity contribution in [2.24, 2.45) is 5.92 Å². The molecule has 3 aromatic rings. The number of nitrogens with one attached hydrogen (secondary N) is 2. The minimum absolute atomic E-state index is 0.0390. The normalized spacial score (nSPS) is 21.2. The molecular formula is C28H35N5O3. The third-order valence-electron chi connectivity index (χ3n) is 7.18. The minimum Gasteiger partial charge on any atom is -0.479 e. The number of hydrogen-bond donors (Lipinski definition) is 3. The Labute approximate surface area is 212 Å². The van der Waals surface area contributed by atoms with Gasteiger partial charge in [0.2, 0.25) is 5.95 Å². The SMILES string of the molecule is CCOC1=Cc2cc(-c3c(C)nc(Nc4ccccc4)nc3NC3CCC(CO)C3)oc2C(C)N1C. The first-order valence-electron chi connectivity index (χ1n) is 12.8. The highest BCUT2D eigenvalue weighted by Gasteiger charge is 2.30. The number of hydrogen-bond acceptors (Lipinski definition) is 8. The van der Waals surface area contributed by atoms with Crippen LogP contribution in [0.2, 0.25) is 0 Å². The van der Waals surface area contributed by atoms with Gasteiger partial charge in [-0.15, -0.1) is 0 Å². The van der Waals surface area contributed by atoms with E-state index >= 15 is 0 Å². The molecule has 36 heavy (non-hydrogen) atoms. The Hall–Kier alpha value is -3.52. The Kier molecular flexibility index (Phi) is 6.87. The molecule has 3 unspecified atom stereocenters. The van der Waals surface area contributed by atoms with Gasteiger partial charge >= 0.3 is 0 Å². The molecule has 2 aliphatic rings. The van der Waals surface area contributed by atoms with Crippen LogP contribution in [-0.2, 0) is 4.74 Å². The molecule has 5 rings (SSSR count). The first kappa shape index (κ1) is 24.2. The second kappa shape index (κ2) is 10.2. The van der Waals surface area contributed by atoms with Crippen molar-refractivity contribution in [3.8, 4) is 11.3 Å². The third-order valence-corrected chi connectivity index (χ3v) is 7.18. The zero-order chi connectivity index (χ0) is 25.2. The lowest BCUT2D eigenvalue weighted by atomic mass is 10.1. The van der Waals surface area contributed by atoms with E-state index < -0.39 is 0 Å². The molecule has 0 amide bonds. The summed E-state index contributed by atoms with van der Waals surface area (Å²) in [6, 6.07) is 12.2. The monoisotopic (exact) mass is 489 g/mol. The van der Waals surface area contributed by atoms with Crippen LogP contribution in [0.4, 0.5) is 17.5 Å². The van der Waals surface area contributed by atoms with Crippen LogP contribution < -0.4 is 10.6 Å². The number of benzene rings is 1. The van der Waals surface area contributed by atoms with E-state index in [1.54, 1.807) is 0 Å². The summed E-state index contributed by atoms with van der Waals surface area (Å²) >= 11 is 0. The molecule has 190 valence electrons. The predicted molar refractivity (Wildman–Crippen MR) is 142 cm³/mol. The standard InChI is InChI=1S/C28H35N5O3/c1-5-35-24-15-20-14-23(36-26(20)18(3)33(24)4)25-17(2)29-28(31-21-9-7-6-8-10-21)32-27(25)30-22-12-11-19(13-22)16-34/h6-10,14-15,18-19,22,34H,5,11-13,16H2,1-4H3,(H2,29,30,31,32). The fourth-order valence-electron chi connectivity index (χ4n) is 5.12. The lowest BCUT2D eigenvalue weighted by Gasteiger charge is -2.30. The van der Waals surface area contributed by atoms with E-state index in [-0.39, 0.29) is 18.7 Å². The van der Waals surface area contributed by atoms with Gasteiger partial charge in [-0.25, -0.2) is 4.98 Å². The van der Waals surface area contributed by atoms with Crippen LogP contribution in [0.3, 0.4) is 0 Å². The molecule has 0 bridgehead atoms. The van der Waals surface area contributed by atoms with Crippen molar-refractivity contribution in [1.82, 2.24) is 14.9 Å². The number of aliphatic hydroxyl groups excluding tert-OH is 1. The molecule has 8 heteroatoms. The molecule has 3 atom stereocenters. The molecule has 1 aliphatic carbocycles. The first-order chi connectivity index (χ1) is 17.5. The van der Waals surface area contributed by atoms with Crippen LogP contribution >= 0.6 is 0 Å². The summed E-state index contributed by atoms with van der Waals surface area (Å²) < 4.78 is 12.3. The van der Waals surface area contributed by atoms with Crippen LogP contribution in [0.5, 0.6) is 0 Å². The van der Waals surface area contributed by atoms with E-state index in [2.05, 4.69) is 28.5 Å². The van der Waals surface area contributed by atoms with Crippen molar-refractivity contribution in [3.63, 3.8) is 0 Å².